The first-order chi connectivity index (χ1) is 16.2. The smallest absolute Gasteiger partial charge is 0.247 e. The molecule has 3 fully saturated rings. The van der Waals surface area contributed by atoms with Crippen molar-refractivity contribution in [1.82, 2.24) is 14.7 Å². The van der Waals surface area contributed by atoms with Crippen molar-refractivity contribution in [2.75, 3.05) is 32.8 Å². The topological polar surface area (TPSA) is 81.2 Å². The van der Waals surface area contributed by atoms with E-state index in [1.165, 1.54) is 0 Å². The molecule has 1 spiro atoms. The van der Waals surface area contributed by atoms with E-state index in [-0.39, 0.29) is 41.5 Å². The highest BCUT2D eigenvalue weighted by Crippen LogP contribution is 2.68. The van der Waals surface area contributed by atoms with Crippen LogP contribution in [0.4, 0.5) is 0 Å². The number of aliphatic hydroxyl groups excluding tert-OH is 1. The van der Waals surface area contributed by atoms with Crippen LogP contribution in [0.3, 0.4) is 0 Å². The summed E-state index contributed by atoms with van der Waals surface area (Å²) in [6.07, 6.45) is 5.51. The molecule has 8 heteroatoms. The molecule has 3 amide bonds. The summed E-state index contributed by atoms with van der Waals surface area (Å²) in [5.74, 6) is -0.995. The van der Waals surface area contributed by atoms with Crippen molar-refractivity contribution in [2.45, 2.75) is 69.0 Å². The van der Waals surface area contributed by atoms with Crippen molar-refractivity contribution in [2.24, 2.45) is 17.8 Å². The van der Waals surface area contributed by atoms with Crippen LogP contribution in [0.2, 0.25) is 0 Å². The SMILES string of the molecule is C=CCN(CCC)C(=O)[C@@H]1[C@@H]2CC(C)C3(S2)C(C(=O)N(CC=C)C(C)C)N(CCCO)C(=O)[C@H]13. The highest BCUT2D eigenvalue weighted by Gasteiger charge is 2.76. The normalized spacial score (nSPS) is 31.6. The van der Waals surface area contributed by atoms with E-state index in [9.17, 15) is 19.5 Å². The van der Waals surface area contributed by atoms with Gasteiger partial charge in [-0.15, -0.1) is 24.9 Å². The zero-order valence-electron chi connectivity index (χ0n) is 21.1. The minimum atomic E-state index is -0.638. The first-order valence-corrected chi connectivity index (χ1v) is 13.5. The van der Waals surface area contributed by atoms with E-state index in [0.29, 0.717) is 32.6 Å². The molecule has 3 heterocycles. The molecule has 1 N–H and O–H groups in total. The van der Waals surface area contributed by atoms with Gasteiger partial charge in [0.15, 0.2) is 0 Å². The lowest BCUT2D eigenvalue weighted by Gasteiger charge is -2.41. The Hall–Kier alpha value is -1.80. The third kappa shape index (κ3) is 4.21. The quantitative estimate of drug-likeness (QED) is 0.425. The second-order valence-corrected chi connectivity index (χ2v) is 11.7. The lowest BCUT2D eigenvalue weighted by Crippen LogP contribution is -2.58. The number of carbonyl (C=O) groups excluding carboxylic acids is 3. The number of thioether (sulfide) groups is 1. The summed E-state index contributed by atoms with van der Waals surface area (Å²) in [7, 11) is 0. The number of carbonyl (C=O) groups is 3. The lowest BCUT2D eigenvalue weighted by molar-refractivity contribution is -0.145. The Morgan fingerprint density at radius 3 is 2.50 bits per heavy atom. The maximum Gasteiger partial charge on any atom is 0.247 e. The molecule has 6 atom stereocenters. The number of likely N-dealkylation sites (tertiary alicyclic amines) is 1. The average molecular weight is 492 g/mol. The molecule has 0 aromatic heterocycles. The lowest BCUT2D eigenvalue weighted by atomic mass is 9.65. The van der Waals surface area contributed by atoms with Gasteiger partial charge in [0.25, 0.3) is 0 Å². The van der Waals surface area contributed by atoms with Gasteiger partial charge in [-0.3, -0.25) is 14.4 Å². The summed E-state index contributed by atoms with van der Waals surface area (Å²) in [4.78, 5) is 47.1. The van der Waals surface area contributed by atoms with Gasteiger partial charge in [-0.25, -0.2) is 0 Å². The number of rotatable bonds is 12. The molecule has 7 nitrogen and oxygen atoms in total. The summed E-state index contributed by atoms with van der Waals surface area (Å²) in [6, 6.07) is -0.680. The van der Waals surface area contributed by atoms with E-state index >= 15 is 0 Å². The van der Waals surface area contributed by atoms with E-state index in [1.807, 2.05) is 25.7 Å². The maximum absolute atomic E-state index is 14.1. The molecular weight excluding hydrogens is 450 g/mol. The van der Waals surface area contributed by atoms with Gasteiger partial charge in [-0.05, 0) is 39.0 Å². The van der Waals surface area contributed by atoms with E-state index < -0.39 is 22.6 Å². The van der Waals surface area contributed by atoms with E-state index in [4.69, 9.17) is 0 Å². The Balaban J connectivity index is 2.07. The van der Waals surface area contributed by atoms with Crippen molar-refractivity contribution in [3.8, 4) is 0 Å². The van der Waals surface area contributed by atoms with Crippen molar-refractivity contribution >= 4 is 29.5 Å². The maximum atomic E-state index is 14.1. The van der Waals surface area contributed by atoms with Gasteiger partial charge in [0.2, 0.25) is 17.7 Å². The van der Waals surface area contributed by atoms with Crippen molar-refractivity contribution in [3.63, 3.8) is 0 Å². The van der Waals surface area contributed by atoms with Crippen LogP contribution in [0.15, 0.2) is 25.3 Å². The molecule has 3 unspecified atom stereocenters. The van der Waals surface area contributed by atoms with Crippen molar-refractivity contribution < 1.29 is 19.5 Å². The van der Waals surface area contributed by atoms with Crippen LogP contribution in [-0.4, -0.2) is 92.4 Å². The Labute approximate surface area is 208 Å². The van der Waals surface area contributed by atoms with E-state index in [2.05, 4.69) is 20.1 Å². The molecule has 0 aromatic carbocycles. The fourth-order valence-corrected chi connectivity index (χ4v) is 8.75. The zero-order valence-corrected chi connectivity index (χ0v) is 21.9. The van der Waals surface area contributed by atoms with Crippen LogP contribution in [0.5, 0.6) is 0 Å². The Bertz CT molecular complexity index is 818. The van der Waals surface area contributed by atoms with Crippen LogP contribution < -0.4 is 0 Å². The number of hydrogen-bond donors (Lipinski definition) is 1. The molecule has 3 rings (SSSR count). The summed E-state index contributed by atoms with van der Waals surface area (Å²) in [5.41, 5.74) is 0. The van der Waals surface area contributed by atoms with E-state index in [0.717, 1.165) is 12.8 Å². The molecule has 34 heavy (non-hydrogen) atoms. The third-order valence-electron chi connectivity index (χ3n) is 7.71. The highest BCUT2D eigenvalue weighted by molar-refractivity contribution is 8.02. The Kier molecular flexibility index (Phi) is 8.56. The van der Waals surface area contributed by atoms with Gasteiger partial charge >= 0.3 is 0 Å². The van der Waals surface area contributed by atoms with Crippen LogP contribution in [-0.2, 0) is 14.4 Å². The van der Waals surface area contributed by atoms with Crippen molar-refractivity contribution in [3.05, 3.63) is 25.3 Å². The van der Waals surface area contributed by atoms with Crippen LogP contribution >= 0.6 is 11.8 Å². The van der Waals surface area contributed by atoms with Crippen LogP contribution in [0.1, 0.15) is 47.0 Å². The molecule has 3 saturated heterocycles. The predicted molar refractivity (Wildman–Crippen MR) is 136 cm³/mol. The molecule has 3 aliphatic rings. The number of aliphatic hydroxyl groups is 1. The third-order valence-corrected chi connectivity index (χ3v) is 9.78. The molecule has 2 bridgehead atoms. The second kappa shape index (κ2) is 10.9. The second-order valence-electron chi connectivity index (χ2n) is 10.1. The standard InChI is InChI=1S/C26H41N3O4S/c1-7-11-27(12-8-2)23(31)20-19-16-18(6)26(34-19)21(20)24(32)29(14-10-15-30)22(26)25(33)28(13-9-3)17(4)5/h7,9,17-22,30H,1,3,8,10-16H2,2,4-6H3/t18?,19-,20+,21-,22?,26?/m0/s1. The van der Waals surface area contributed by atoms with Gasteiger partial charge < -0.3 is 19.8 Å². The van der Waals surface area contributed by atoms with Crippen LogP contribution in [0, 0.1) is 17.8 Å². The highest BCUT2D eigenvalue weighted by atomic mass is 32.2. The predicted octanol–water partition coefficient (Wildman–Crippen LogP) is 2.55. The largest absolute Gasteiger partial charge is 0.396 e. The molecule has 0 aliphatic carbocycles. The van der Waals surface area contributed by atoms with Crippen molar-refractivity contribution in [1.29, 1.82) is 0 Å². The Morgan fingerprint density at radius 2 is 1.94 bits per heavy atom. The fourth-order valence-electron chi connectivity index (χ4n) is 6.34. The van der Waals surface area contributed by atoms with Gasteiger partial charge in [-0.1, -0.05) is 26.0 Å². The summed E-state index contributed by atoms with van der Waals surface area (Å²) in [6.45, 7) is 17.5. The Morgan fingerprint density at radius 1 is 1.26 bits per heavy atom. The first-order valence-electron chi connectivity index (χ1n) is 12.6. The monoisotopic (exact) mass is 491 g/mol. The first kappa shape index (κ1) is 26.8. The number of nitrogens with zero attached hydrogens (tertiary/aromatic N) is 3. The molecule has 0 saturated carbocycles. The van der Waals surface area contributed by atoms with Gasteiger partial charge in [0.05, 0.1) is 16.6 Å². The fraction of sp³-hybridized carbons (Fsp3) is 0.731. The molecule has 3 aliphatic heterocycles. The molecular formula is C26H41N3O4S. The number of hydrogen-bond acceptors (Lipinski definition) is 5. The number of amides is 3. The van der Waals surface area contributed by atoms with Crippen LogP contribution in [0.25, 0.3) is 0 Å². The summed E-state index contributed by atoms with van der Waals surface area (Å²) < 4.78 is -0.630. The van der Waals surface area contributed by atoms with Gasteiger partial charge in [0, 0.05) is 44.1 Å². The van der Waals surface area contributed by atoms with Gasteiger partial charge in [-0.2, -0.15) is 0 Å². The minimum absolute atomic E-state index is 0.00777. The zero-order chi connectivity index (χ0) is 25.2. The number of fused-ring (bicyclic) bond motifs is 1. The average Bonchev–Trinajstić information content (AvgIpc) is 3.38. The van der Waals surface area contributed by atoms with E-state index in [1.54, 1.807) is 33.7 Å². The summed E-state index contributed by atoms with van der Waals surface area (Å²) in [5, 5.41) is 9.54. The molecule has 0 aromatic rings. The summed E-state index contributed by atoms with van der Waals surface area (Å²) >= 11 is 1.70. The molecule has 190 valence electrons. The molecule has 0 radical (unpaired) electrons. The minimum Gasteiger partial charge on any atom is -0.396 e. The van der Waals surface area contributed by atoms with Gasteiger partial charge in [0.1, 0.15) is 6.04 Å².